The zero-order chi connectivity index (χ0) is 17.1. The van der Waals surface area contributed by atoms with Crippen LogP contribution in [0.1, 0.15) is 17.2 Å². The number of fused-ring (bicyclic) bond motifs is 1. The fourth-order valence-corrected chi connectivity index (χ4v) is 4.58. The molecule has 1 aliphatic heterocycles. The molecule has 0 amide bonds. The van der Waals surface area contributed by atoms with Crippen molar-refractivity contribution in [3.63, 3.8) is 0 Å². The van der Waals surface area contributed by atoms with Gasteiger partial charge in [-0.05, 0) is 22.4 Å². The molecule has 3 aromatic rings. The number of nitrogens with zero attached hydrogens (tertiary/aromatic N) is 2. The number of hydrogen-bond donors (Lipinski definition) is 1. The van der Waals surface area contributed by atoms with Gasteiger partial charge in [-0.2, -0.15) is 0 Å². The predicted octanol–water partition coefficient (Wildman–Crippen LogP) is 3.75. The number of hydrogen-bond acceptors (Lipinski definition) is 4. The van der Waals surface area contributed by atoms with E-state index in [9.17, 15) is 5.11 Å². The largest absolute Gasteiger partial charge is 0.387 e. The van der Waals surface area contributed by atoms with E-state index in [-0.39, 0.29) is 0 Å². The first-order valence-corrected chi connectivity index (χ1v) is 9.80. The monoisotopic (exact) mass is 352 g/mol. The van der Waals surface area contributed by atoms with Crippen molar-refractivity contribution >= 4 is 21.4 Å². The maximum Gasteiger partial charge on any atom is 0.0930 e. The van der Waals surface area contributed by atoms with Crippen LogP contribution in [-0.4, -0.2) is 47.6 Å². The molecule has 1 aromatic heterocycles. The van der Waals surface area contributed by atoms with Crippen LogP contribution in [0.15, 0.2) is 60.0 Å². The van der Waals surface area contributed by atoms with Gasteiger partial charge < -0.3 is 5.11 Å². The van der Waals surface area contributed by atoms with Crippen LogP contribution in [-0.2, 0) is 6.54 Å². The number of benzene rings is 2. The van der Waals surface area contributed by atoms with E-state index in [0.717, 1.165) is 44.8 Å². The molecular weight excluding hydrogens is 328 g/mol. The lowest BCUT2D eigenvalue weighted by Crippen LogP contribution is -2.47. The molecule has 1 fully saturated rings. The van der Waals surface area contributed by atoms with Crippen molar-refractivity contribution in [3.05, 3.63) is 71.1 Å². The molecule has 1 N–H and O–H groups in total. The van der Waals surface area contributed by atoms with Gasteiger partial charge in [0.15, 0.2) is 0 Å². The van der Waals surface area contributed by atoms with Crippen molar-refractivity contribution in [3.8, 4) is 0 Å². The minimum Gasteiger partial charge on any atom is -0.387 e. The van der Waals surface area contributed by atoms with Gasteiger partial charge in [-0.15, -0.1) is 11.3 Å². The summed E-state index contributed by atoms with van der Waals surface area (Å²) >= 11 is 1.72. The van der Waals surface area contributed by atoms with Crippen LogP contribution < -0.4 is 0 Å². The highest BCUT2D eigenvalue weighted by Crippen LogP contribution is 2.30. The topological polar surface area (TPSA) is 26.7 Å². The highest BCUT2D eigenvalue weighted by Gasteiger charge is 2.21. The molecule has 2 aromatic carbocycles. The highest BCUT2D eigenvalue weighted by atomic mass is 32.1. The van der Waals surface area contributed by atoms with E-state index in [1.807, 2.05) is 6.07 Å². The number of aliphatic hydroxyl groups excluding tert-OH is 1. The molecule has 130 valence electrons. The van der Waals surface area contributed by atoms with Crippen LogP contribution in [0, 0.1) is 0 Å². The van der Waals surface area contributed by atoms with Crippen molar-refractivity contribution in [2.45, 2.75) is 12.6 Å². The number of piperazine rings is 1. The Labute approximate surface area is 153 Å². The number of rotatable bonds is 5. The Kier molecular flexibility index (Phi) is 5.13. The molecule has 1 aliphatic rings. The molecule has 0 spiro atoms. The normalized spacial score (nSPS) is 17.8. The van der Waals surface area contributed by atoms with Gasteiger partial charge in [0.2, 0.25) is 0 Å². The third kappa shape index (κ3) is 3.93. The predicted molar refractivity (Wildman–Crippen MR) is 105 cm³/mol. The van der Waals surface area contributed by atoms with Gasteiger partial charge in [0.05, 0.1) is 6.10 Å². The summed E-state index contributed by atoms with van der Waals surface area (Å²) in [6.07, 6.45) is -0.406. The van der Waals surface area contributed by atoms with Crippen molar-refractivity contribution in [1.82, 2.24) is 9.80 Å². The first-order valence-electron chi connectivity index (χ1n) is 8.92. The Hall–Kier alpha value is -1.72. The van der Waals surface area contributed by atoms with Crippen LogP contribution in [0.25, 0.3) is 10.1 Å². The summed E-state index contributed by atoms with van der Waals surface area (Å²) in [5, 5.41) is 14.0. The van der Waals surface area contributed by atoms with E-state index < -0.39 is 6.10 Å². The van der Waals surface area contributed by atoms with E-state index in [0.29, 0.717) is 0 Å². The average Bonchev–Trinajstić information content (AvgIpc) is 3.08. The Balaban J connectivity index is 1.32. The maximum absolute atomic E-state index is 10.7. The summed E-state index contributed by atoms with van der Waals surface area (Å²) in [5.74, 6) is 0. The minimum absolute atomic E-state index is 0.406. The summed E-state index contributed by atoms with van der Waals surface area (Å²) in [4.78, 5) is 4.89. The van der Waals surface area contributed by atoms with Crippen LogP contribution in [0.2, 0.25) is 0 Å². The lowest BCUT2D eigenvalue weighted by Gasteiger charge is -2.35. The van der Waals surface area contributed by atoms with Gasteiger partial charge >= 0.3 is 0 Å². The molecule has 0 saturated carbocycles. The average molecular weight is 353 g/mol. The van der Waals surface area contributed by atoms with Gasteiger partial charge in [0, 0.05) is 49.5 Å². The molecule has 1 atom stereocenters. The second-order valence-electron chi connectivity index (χ2n) is 6.77. The Bertz CT molecular complexity index is 809. The molecule has 4 rings (SSSR count). The quantitative estimate of drug-likeness (QED) is 0.757. The van der Waals surface area contributed by atoms with Gasteiger partial charge in [0.1, 0.15) is 0 Å². The number of aliphatic hydroxyl groups is 1. The molecule has 0 radical (unpaired) electrons. The van der Waals surface area contributed by atoms with E-state index in [2.05, 4.69) is 63.7 Å². The second-order valence-corrected chi connectivity index (χ2v) is 7.68. The van der Waals surface area contributed by atoms with Crippen LogP contribution in [0.4, 0.5) is 0 Å². The maximum atomic E-state index is 10.7. The van der Waals surface area contributed by atoms with Crippen LogP contribution in [0.3, 0.4) is 0 Å². The van der Waals surface area contributed by atoms with Gasteiger partial charge in [0.25, 0.3) is 0 Å². The van der Waals surface area contributed by atoms with Gasteiger partial charge in [-0.1, -0.05) is 48.5 Å². The molecule has 3 nitrogen and oxygen atoms in total. The lowest BCUT2D eigenvalue weighted by atomic mass is 10.1. The first-order chi connectivity index (χ1) is 12.3. The minimum atomic E-state index is -0.406. The highest BCUT2D eigenvalue weighted by molar-refractivity contribution is 7.17. The Morgan fingerprint density at radius 1 is 0.880 bits per heavy atom. The number of thiophene rings is 1. The third-order valence-corrected chi connectivity index (χ3v) is 6.00. The lowest BCUT2D eigenvalue weighted by molar-refractivity contribution is 0.0709. The molecule has 0 bridgehead atoms. The first kappa shape index (κ1) is 16.7. The second kappa shape index (κ2) is 7.67. The molecule has 2 heterocycles. The molecule has 0 aliphatic carbocycles. The Morgan fingerprint density at radius 2 is 1.56 bits per heavy atom. The fourth-order valence-electron chi connectivity index (χ4n) is 3.57. The third-order valence-electron chi connectivity index (χ3n) is 5.01. The number of β-amino-alcohol motifs (C(OH)–C–C–N with tert-alkyl or cyclic N) is 1. The van der Waals surface area contributed by atoms with E-state index in [4.69, 9.17) is 0 Å². The molecule has 4 heteroatoms. The van der Waals surface area contributed by atoms with Crippen molar-refractivity contribution < 1.29 is 5.11 Å². The molecule has 25 heavy (non-hydrogen) atoms. The molecular formula is C21H24N2OS. The molecule has 1 saturated heterocycles. The summed E-state index contributed by atoms with van der Waals surface area (Å²) in [6, 6.07) is 19.0. The zero-order valence-corrected chi connectivity index (χ0v) is 15.2. The van der Waals surface area contributed by atoms with Gasteiger partial charge in [-0.25, -0.2) is 0 Å². The smallest absolute Gasteiger partial charge is 0.0930 e. The van der Waals surface area contributed by atoms with Crippen molar-refractivity contribution in [2.75, 3.05) is 32.7 Å². The summed E-state index contributed by atoms with van der Waals surface area (Å²) in [6.45, 7) is 5.90. The summed E-state index contributed by atoms with van der Waals surface area (Å²) in [7, 11) is 0. The van der Waals surface area contributed by atoms with Crippen LogP contribution >= 0.6 is 11.3 Å². The van der Waals surface area contributed by atoms with Crippen molar-refractivity contribution in [1.29, 1.82) is 0 Å². The standard InChI is InChI=1S/C21H24N2OS/c24-20(19-16-25-21-9-5-4-8-18(19)21)15-23-12-10-22(11-13-23)14-17-6-2-1-3-7-17/h1-9,16,20,24H,10-15H2. The van der Waals surface area contributed by atoms with Gasteiger partial charge in [-0.3, -0.25) is 9.80 Å². The Morgan fingerprint density at radius 3 is 2.36 bits per heavy atom. The summed E-state index contributed by atoms with van der Waals surface area (Å²) < 4.78 is 1.25. The van der Waals surface area contributed by atoms with Crippen molar-refractivity contribution in [2.24, 2.45) is 0 Å². The van der Waals surface area contributed by atoms with E-state index in [1.165, 1.54) is 15.6 Å². The van der Waals surface area contributed by atoms with E-state index >= 15 is 0 Å². The summed E-state index contributed by atoms with van der Waals surface area (Å²) in [5.41, 5.74) is 2.45. The zero-order valence-electron chi connectivity index (χ0n) is 14.3. The van der Waals surface area contributed by atoms with Crippen LogP contribution in [0.5, 0.6) is 0 Å². The van der Waals surface area contributed by atoms with E-state index in [1.54, 1.807) is 11.3 Å². The SMILES string of the molecule is OC(CN1CCN(Cc2ccccc2)CC1)c1csc2ccccc12. The molecule has 1 unspecified atom stereocenters. The fraction of sp³-hybridized carbons (Fsp3) is 0.333.